The largest absolute Gasteiger partial charge is 0.417 e. The first-order valence-corrected chi connectivity index (χ1v) is 10.4. The van der Waals surface area contributed by atoms with Gasteiger partial charge in [-0.15, -0.1) is 0 Å². The average Bonchev–Trinajstić information content (AvgIpc) is 3.38. The fourth-order valence-corrected chi connectivity index (χ4v) is 4.41. The summed E-state index contributed by atoms with van der Waals surface area (Å²) in [4.78, 5) is 19.7. The lowest BCUT2D eigenvalue weighted by Gasteiger charge is -2.30. The van der Waals surface area contributed by atoms with Crippen LogP contribution in [0.4, 0.5) is 4.39 Å². The molecule has 0 bridgehead atoms. The molecule has 0 saturated heterocycles. The van der Waals surface area contributed by atoms with Crippen LogP contribution in [0.1, 0.15) is 42.7 Å². The van der Waals surface area contributed by atoms with Gasteiger partial charge in [-0.3, -0.25) is 15.3 Å². The number of aromatic amines is 1. The Morgan fingerprint density at radius 3 is 2.67 bits per heavy atom. The molecule has 156 valence electrons. The zero-order valence-electron chi connectivity index (χ0n) is 16.5. The number of fused-ring (bicyclic) bond motifs is 1. The lowest BCUT2D eigenvalue weighted by molar-refractivity contribution is 0.0491. The van der Waals surface area contributed by atoms with Crippen molar-refractivity contribution in [1.29, 1.82) is 0 Å². The van der Waals surface area contributed by atoms with Crippen molar-refractivity contribution >= 4 is 16.8 Å². The molecule has 1 aliphatic carbocycles. The Hall–Kier alpha value is -2.90. The van der Waals surface area contributed by atoms with Gasteiger partial charge in [0.2, 0.25) is 0 Å². The smallest absolute Gasteiger partial charge is 0.408 e. The molecule has 1 atom stereocenters. The first kappa shape index (κ1) is 19.1. The molecule has 1 unspecified atom stereocenters. The molecule has 1 saturated carbocycles. The van der Waals surface area contributed by atoms with Gasteiger partial charge in [-0.05, 0) is 85.2 Å². The van der Waals surface area contributed by atoms with Crippen LogP contribution in [0, 0.1) is 5.82 Å². The highest BCUT2D eigenvalue weighted by Gasteiger charge is 2.24. The van der Waals surface area contributed by atoms with Crippen LogP contribution < -0.4 is 16.6 Å². The van der Waals surface area contributed by atoms with Gasteiger partial charge in [-0.2, -0.15) is 0 Å². The Bertz CT molecular complexity index is 1110. The second-order valence-electron chi connectivity index (χ2n) is 8.07. The van der Waals surface area contributed by atoms with Crippen molar-refractivity contribution < 1.29 is 13.6 Å². The molecule has 5 rings (SSSR count). The molecular weight excluding hydrogens is 385 g/mol. The third kappa shape index (κ3) is 4.04. The number of halogens is 1. The Morgan fingerprint density at radius 2 is 1.87 bits per heavy atom. The Labute approximate surface area is 173 Å². The fraction of sp³-hybridized carbons (Fsp3) is 0.348. The quantitative estimate of drug-likeness (QED) is 0.597. The van der Waals surface area contributed by atoms with Crippen LogP contribution in [0.3, 0.4) is 0 Å². The minimum absolute atomic E-state index is 0.0540. The molecule has 2 aromatic carbocycles. The van der Waals surface area contributed by atoms with E-state index >= 15 is 0 Å². The van der Waals surface area contributed by atoms with Gasteiger partial charge in [0.05, 0.1) is 11.2 Å². The van der Waals surface area contributed by atoms with Gasteiger partial charge in [0, 0.05) is 12.6 Å². The number of hydrogen-bond acceptors (Lipinski definition) is 5. The minimum Gasteiger partial charge on any atom is -0.408 e. The van der Waals surface area contributed by atoms with E-state index < -0.39 is 5.76 Å². The second kappa shape index (κ2) is 8.08. The van der Waals surface area contributed by atoms with Crippen LogP contribution in [0.25, 0.3) is 16.8 Å². The van der Waals surface area contributed by atoms with Gasteiger partial charge in [-0.25, -0.2) is 9.18 Å². The molecule has 3 N–H and O–H groups in total. The highest BCUT2D eigenvalue weighted by Crippen LogP contribution is 2.34. The lowest BCUT2D eigenvalue weighted by Crippen LogP contribution is -2.38. The van der Waals surface area contributed by atoms with Gasteiger partial charge >= 0.3 is 5.76 Å². The van der Waals surface area contributed by atoms with E-state index in [1.807, 2.05) is 18.2 Å². The topological polar surface area (TPSA) is 79.3 Å². The molecule has 0 spiro atoms. The third-order valence-corrected chi connectivity index (χ3v) is 6.08. The summed E-state index contributed by atoms with van der Waals surface area (Å²) in [5.74, 6) is -0.165. The third-order valence-electron chi connectivity index (χ3n) is 6.08. The van der Waals surface area contributed by atoms with Crippen molar-refractivity contribution in [2.75, 3.05) is 6.54 Å². The van der Waals surface area contributed by atoms with Gasteiger partial charge < -0.3 is 9.73 Å². The van der Waals surface area contributed by atoms with Crippen LogP contribution in [0.15, 0.2) is 57.8 Å². The van der Waals surface area contributed by atoms with Gasteiger partial charge in [0.25, 0.3) is 0 Å². The minimum atomic E-state index is -0.407. The summed E-state index contributed by atoms with van der Waals surface area (Å²) in [6.07, 6.45) is 6.35. The predicted octanol–water partition coefficient (Wildman–Crippen LogP) is 3.82. The zero-order valence-corrected chi connectivity index (χ0v) is 16.5. The maximum absolute atomic E-state index is 13.1. The number of hydroxylamine groups is 1. The molecule has 1 aliphatic heterocycles. The van der Waals surface area contributed by atoms with Crippen molar-refractivity contribution in [2.24, 2.45) is 0 Å². The highest BCUT2D eigenvalue weighted by atomic mass is 19.1. The normalized spacial score (nSPS) is 24.0. The molecule has 30 heavy (non-hydrogen) atoms. The van der Waals surface area contributed by atoms with E-state index in [0.29, 0.717) is 17.5 Å². The van der Waals surface area contributed by atoms with E-state index in [1.54, 1.807) is 12.1 Å². The van der Waals surface area contributed by atoms with E-state index in [0.717, 1.165) is 49.0 Å². The zero-order chi connectivity index (χ0) is 20.5. The Kier molecular flexibility index (Phi) is 5.14. The van der Waals surface area contributed by atoms with Crippen LogP contribution in [-0.4, -0.2) is 23.7 Å². The summed E-state index contributed by atoms with van der Waals surface area (Å²) in [6.45, 7) is 0.730. The lowest BCUT2D eigenvalue weighted by atomic mass is 9.81. The van der Waals surface area contributed by atoms with Crippen LogP contribution >= 0.6 is 0 Å². The maximum Gasteiger partial charge on any atom is 0.417 e. The standard InChI is InChI=1S/C23H24FN3O3/c24-17-6-1-15(2-7-17)21-12-19(30-27-21)13-25-18-8-3-14(4-9-18)16-5-10-20-22(11-16)29-23(28)26-20/h1-2,5-7,10-12,14,18-19,25,27H,3-4,8-9,13H2,(H,26,28). The van der Waals surface area contributed by atoms with Crippen molar-refractivity contribution in [3.8, 4) is 0 Å². The monoisotopic (exact) mass is 409 g/mol. The molecule has 2 aliphatic rings. The summed E-state index contributed by atoms with van der Waals surface area (Å²) in [6, 6.07) is 12.8. The number of rotatable bonds is 5. The number of oxazole rings is 1. The summed E-state index contributed by atoms with van der Waals surface area (Å²) in [7, 11) is 0. The first-order valence-electron chi connectivity index (χ1n) is 10.4. The molecule has 2 heterocycles. The van der Waals surface area contributed by atoms with E-state index in [-0.39, 0.29) is 11.9 Å². The van der Waals surface area contributed by atoms with Crippen molar-refractivity contribution in [1.82, 2.24) is 15.8 Å². The summed E-state index contributed by atoms with van der Waals surface area (Å²) in [5.41, 5.74) is 7.34. The number of benzene rings is 2. The van der Waals surface area contributed by atoms with Crippen molar-refractivity contribution in [2.45, 2.75) is 43.7 Å². The van der Waals surface area contributed by atoms with Crippen LogP contribution in [0.2, 0.25) is 0 Å². The molecule has 3 aromatic rings. The fourth-order valence-electron chi connectivity index (χ4n) is 4.41. The molecule has 0 amide bonds. The van der Waals surface area contributed by atoms with Crippen LogP contribution in [0.5, 0.6) is 0 Å². The first-order chi connectivity index (χ1) is 14.6. The van der Waals surface area contributed by atoms with E-state index in [1.165, 1.54) is 17.7 Å². The maximum atomic E-state index is 13.1. The second-order valence-corrected chi connectivity index (χ2v) is 8.07. The van der Waals surface area contributed by atoms with E-state index in [9.17, 15) is 9.18 Å². The molecule has 1 aromatic heterocycles. The van der Waals surface area contributed by atoms with E-state index in [2.05, 4.69) is 21.8 Å². The summed E-state index contributed by atoms with van der Waals surface area (Å²) >= 11 is 0. The average molecular weight is 409 g/mol. The molecular formula is C23H24FN3O3. The Balaban J connectivity index is 1.13. The predicted molar refractivity (Wildman–Crippen MR) is 112 cm³/mol. The number of hydrogen-bond donors (Lipinski definition) is 3. The van der Waals surface area contributed by atoms with Crippen molar-refractivity contribution in [3.63, 3.8) is 0 Å². The van der Waals surface area contributed by atoms with E-state index in [4.69, 9.17) is 9.25 Å². The molecule has 6 nitrogen and oxygen atoms in total. The van der Waals surface area contributed by atoms with Gasteiger partial charge in [0.1, 0.15) is 11.9 Å². The summed E-state index contributed by atoms with van der Waals surface area (Å²) in [5, 5.41) is 3.62. The number of aromatic nitrogens is 1. The highest BCUT2D eigenvalue weighted by molar-refractivity contribution is 5.73. The van der Waals surface area contributed by atoms with Gasteiger partial charge in [-0.1, -0.05) is 6.07 Å². The molecule has 0 radical (unpaired) electrons. The van der Waals surface area contributed by atoms with Crippen molar-refractivity contribution in [3.05, 3.63) is 76.0 Å². The van der Waals surface area contributed by atoms with Gasteiger partial charge in [0.15, 0.2) is 5.58 Å². The Morgan fingerprint density at radius 1 is 1.07 bits per heavy atom. The number of nitrogens with one attached hydrogen (secondary N) is 3. The molecule has 7 heteroatoms. The summed E-state index contributed by atoms with van der Waals surface area (Å²) < 4.78 is 18.3. The number of H-pyrrole nitrogens is 1. The SMILES string of the molecule is O=c1[nH]c2ccc(C3CCC(NCC4C=C(c5ccc(F)cc5)NO4)CC3)cc2o1. The van der Waals surface area contributed by atoms with Crippen LogP contribution in [-0.2, 0) is 4.84 Å². The molecule has 1 fully saturated rings.